The highest BCUT2D eigenvalue weighted by molar-refractivity contribution is 6.07. The number of hydrogen-bond donors (Lipinski definition) is 0. The van der Waals surface area contributed by atoms with E-state index >= 15 is 0 Å². The van der Waals surface area contributed by atoms with Crippen LogP contribution in [0.25, 0.3) is 39.0 Å². The zero-order valence-electron chi connectivity index (χ0n) is 19.7. The standard InChI is InChI=1S/C30H8F6N4/c31-24-3-13(4-25(32)29(24)35)18-7-22-20(1-15(18)9-37)21-2-16(10-38)19(8-23(21)28(22)17(11-39)12-40)14-5-26(33)30(36)27(34)6-14/h1-8H. The third-order valence-corrected chi connectivity index (χ3v) is 6.45. The topological polar surface area (TPSA) is 95.2 Å². The number of allylic oxidation sites excluding steroid dienone is 1. The summed E-state index contributed by atoms with van der Waals surface area (Å²) in [4.78, 5) is 0. The highest BCUT2D eigenvalue weighted by Crippen LogP contribution is 2.50. The zero-order chi connectivity index (χ0) is 28.9. The molecule has 10 heteroatoms. The molecule has 0 amide bonds. The molecule has 4 aromatic carbocycles. The first kappa shape index (κ1) is 25.8. The van der Waals surface area contributed by atoms with Gasteiger partial charge in [-0.2, -0.15) is 21.0 Å². The van der Waals surface area contributed by atoms with Gasteiger partial charge in [-0.3, -0.25) is 0 Å². The van der Waals surface area contributed by atoms with Crippen molar-refractivity contribution in [1.82, 2.24) is 0 Å². The van der Waals surface area contributed by atoms with E-state index in [0.29, 0.717) is 24.3 Å². The molecular formula is C30H8F6N4. The molecule has 0 N–H and O–H groups in total. The maximum absolute atomic E-state index is 14.0. The van der Waals surface area contributed by atoms with Crippen molar-refractivity contribution in [2.75, 3.05) is 0 Å². The van der Waals surface area contributed by atoms with Crippen LogP contribution in [0.4, 0.5) is 26.3 Å². The van der Waals surface area contributed by atoms with Crippen LogP contribution < -0.4 is 0 Å². The average molecular weight is 538 g/mol. The highest BCUT2D eigenvalue weighted by Gasteiger charge is 2.31. The van der Waals surface area contributed by atoms with E-state index in [9.17, 15) is 47.4 Å². The summed E-state index contributed by atoms with van der Waals surface area (Å²) in [6, 6.07) is 15.3. The molecule has 0 saturated heterocycles. The van der Waals surface area contributed by atoms with E-state index in [4.69, 9.17) is 0 Å². The second-order valence-electron chi connectivity index (χ2n) is 8.59. The molecule has 4 aromatic rings. The molecule has 0 aliphatic heterocycles. The van der Waals surface area contributed by atoms with Crippen molar-refractivity contribution >= 4 is 5.57 Å². The van der Waals surface area contributed by atoms with Crippen molar-refractivity contribution in [1.29, 1.82) is 21.0 Å². The molecular weight excluding hydrogens is 530 g/mol. The normalized spacial score (nSPS) is 11.1. The van der Waals surface area contributed by atoms with Crippen LogP contribution in [0, 0.1) is 80.2 Å². The van der Waals surface area contributed by atoms with Crippen LogP contribution in [-0.2, 0) is 0 Å². The molecule has 0 fully saturated rings. The number of halogens is 6. The molecule has 0 bridgehead atoms. The van der Waals surface area contributed by atoms with Gasteiger partial charge in [-0.25, -0.2) is 26.3 Å². The fourth-order valence-electron chi connectivity index (χ4n) is 4.69. The Morgan fingerprint density at radius 2 is 0.800 bits per heavy atom. The van der Waals surface area contributed by atoms with Crippen LogP contribution in [0.1, 0.15) is 22.3 Å². The maximum Gasteiger partial charge on any atom is 0.194 e. The summed E-state index contributed by atoms with van der Waals surface area (Å²) in [6.07, 6.45) is 0. The zero-order valence-corrected chi connectivity index (χ0v) is 19.7. The third kappa shape index (κ3) is 3.84. The number of nitriles is 4. The lowest BCUT2D eigenvalue weighted by Crippen LogP contribution is -1.95. The summed E-state index contributed by atoms with van der Waals surface area (Å²) < 4.78 is 83.3. The van der Waals surface area contributed by atoms with Gasteiger partial charge in [0.05, 0.1) is 23.3 Å². The Morgan fingerprint density at radius 1 is 0.450 bits per heavy atom. The number of rotatable bonds is 2. The van der Waals surface area contributed by atoms with Crippen molar-refractivity contribution in [3.05, 3.63) is 111 Å². The van der Waals surface area contributed by atoms with E-state index in [0.717, 1.165) is 0 Å². The van der Waals surface area contributed by atoms with Gasteiger partial charge in [0.25, 0.3) is 0 Å². The van der Waals surface area contributed by atoms with Crippen molar-refractivity contribution in [2.45, 2.75) is 0 Å². The van der Waals surface area contributed by atoms with Crippen LogP contribution in [0.15, 0.2) is 54.1 Å². The van der Waals surface area contributed by atoms with Crippen LogP contribution in [0.3, 0.4) is 0 Å². The second kappa shape index (κ2) is 9.48. The Balaban J connectivity index is 1.86. The minimum Gasteiger partial charge on any atom is -0.204 e. The molecule has 0 atom stereocenters. The van der Waals surface area contributed by atoms with Gasteiger partial charge in [0, 0.05) is 16.7 Å². The summed E-state index contributed by atoms with van der Waals surface area (Å²) in [5.74, 6) is -9.44. The van der Waals surface area contributed by atoms with Crippen LogP contribution >= 0.6 is 0 Å². The van der Waals surface area contributed by atoms with Gasteiger partial charge in [-0.1, -0.05) is 0 Å². The van der Waals surface area contributed by atoms with Gasteiger partial charge in [0.2, 0.25) is 0 Å². The number of fused-ring (bicyclic) bond motifs is 3. The van der Waals surface area contributed by atoms with E-state index in [1.54, 1.807) is 12.1 Å². The Hall–Kier alpha value is -5.84. The summed E-state index contributed by atoms with van der Waals surface area (Å²) >= 11 is 0. The molecule has 0 heterocycles. The van der Waals surface area contributed by atoms with E-state index in [1.807, 2.05) is 12.1 Å². The molecule has 0 spiro atoms. The summed E-state index contributed by atoms with van der Waals surface area (Å²) in [5, 5.41) is 39.0. The molecule has 0 saturated carbocycles. The largest absolute Gasteiger partial charge is 0.204 e. The minimum atomic E-state index is -1.71. The molecule has 190 valence electrons. The predicted octanol–water partition coefficient (Wildman–Crippen LogP) is 7.43. The first-order valence-corrected chi connectivity index (χ1v) is 11.1. The quantitative estimate of drug-likeness (QED) is 0.133. The molecule has 5 rings (SSSR count). The highest BCUT2D eigenvalue weighted by atomic mass is 19.2. The molecule has 40 heavy (non-hydrogen) atoms. The first-order chi connectivity index (χ1) is 19.1. The lowest BCUT2D eigenvalue weighted by molar-refractivity contribution is 0.447. The van der Waals surface area contributed by atoms with Gasteiger partial charge >= 0.3 is 0 Å². The Bertz CT molecular complexity index is 1830. The third-order valence-electron chi connectivity index (χ3n) is 6.45. The van der Waals surface area contributed by atoms with Crippen LogP contribution in [-0.4, -0.2) is 0 Å². The van der Waals surface area contributed by atoms with Gasteiger partial charge in [0.1, 0.15) is 17.7 Å². The monoisotopic (exact) mass is 538 g/mol. The summed E-state index contributed by atoms with van der Waals surface area (Å²) in [6.45, 7) is 0. The molecule has 1 aliphatic rings. The number of benzene rings is 4. The predicted molar refractivity (Wildman–Crippen MR) is 129 cm³/mol. The van der Waals surface area contributed by atoms with Crippen molar-refractivity contribution in [3.8, 4) is 57.7 Å². The minimum absolute atomic E-state index is 0.0117. The maximum atomic E-state index is 14.0. The fourth-order valence-corrected chi connectivity index (χ4v) is 4.69. The molecule has 0 unspecified atom stereocenters. The molecule has 0 radical (unpaired) electrons. The fraction of sp³-hybridized carbons (Fsp3) is 0. The van der Waals surface area contributed by atoms with E-state index in [-0.39, 0.29) is 61.2 Å². The van der Waals surface area contributed by atoms with E-state index < -0.39 is 40.5 Å². The van der Waals surface area contributed by atoms with Gasteiger partial charge < -0.3 is 0 Å². The van der Waals surface area contributed by atoms with Gasteiger partial charge in [-0.15, -0.1) is 0 Å². The smallest absolute Gasteiger partial charge is 0.194 e. The number of hydrogen-bond acceptors (Lipinski definition) is 4. The van der Waals surface area contributed by atoms with Gasteiger partial charge in [0.15, 0.2) is 34.9 Å². The average Bonchev–Trinajstić information content (AvgIpc) is 3.25. The summed E-state index contributed by atoms with van der Waals surface area (Å²) in [7, 11) is 0. The van der Waals surface area contributed by atoms with Crippen molar-refractivity contribution < 1.29 is 26.3 Å². The Kier molecular flexibility index (Phi) is 6.11. The van der Waals surface area contributed by atoms with Crippen LogP contribution in [0.2, 0.25) is 0 Å². The lowest BCUT2D eigenvalue weighted by Gasteiger charge is -2.10. The van der Waals surface area contributed by atoms with Gasteiger partial charge in [-0.05, 0) is 81.9 Å². The summed E-state index contributed by atoms with van der Waals surface area (Å²) in [5.41, 5.74) is -0.187. The Labute approximate surface area is 222 Å². The van der Waals surface area contributed by atoms with Crippen LogP contribution in [0.5, 0.6) is 0 Å². The molecule has 4 nitrogen and oxygen atoms in total. The second-order valence-corrected chi connectivity index (χ2v) is 8.59. The van der Waals surface area contributed by atoms with E-state index in [2.05, 4.69) is 0 Å². The Morgan fingerprint density at radius 3 is 1.10 bits per heavy atom. The number of nitrogens with zero attached hydrogens (tertiary/aromatic N) is 4. The van der Waals surface area contributed by atoms with E-state index in [1.165, 1.54) is 24.3 Å². The lowest BCUT2D eigenvalue weighted by atomic mass is 9.91. The first-order valence-electron chi connectivity index (χ1n) is 11.1. The molecule has 0 aromatic heterocycles. The van der Waals surface area contributed by atoms with Crippen molar-refractivity contribution in [2.24, 2.45) is 0 Å². The molecule has 1 aliphatic carbocycles. The SMILES string of the molecule is N#CC(C#N)=C1c2cc(-c3cc(F)c(F)c(F)c3)c(C#N)cc2-c2cc(C#N)c(-c3cc(F)c(F)c(F)c3)cc21. The van der Waals surface area contributed by atoms with Crippen molar-refractivity contribution in [3.63, 3.8) is 0 Å².